The van der Waals surface area contributed by atoms with E-state index >= 15 is 0 Å². The SMILES string of the molecule is NCCCC[C@H](NC1=CC=C([N+](=O)[O-])CC1N)C(N)=O. The number of amides is 1. The molecule has 0 aliphatic heterocycles. The molecule has 0 saturated carbocycles. The van der Waals surface area contributed by atoms with E-state index in [0.717, 1.165) is 12.8 Å². The van der Waals surface area contributed by atoms with Crippen LogP contribution < -0.4 is 22.5 Å². The Kier molecular flexibility index (Phi) is 6.13. The van der Waals surface area contributed by atoms with Crippen molar-refractivity contribution in [3.05, 3.63) is 33.7 Å². The lowest BCUT2D eigenvalue weighted by Gasteiger charge is -2.24. The first-order valence-electron chi connectivity index (χ1n) is 6.52. The molecule has 0 spiro atoms. The Morgan fingerprint density at radius 1 is 1.50 bits per heavy atom. The van der Waals surface area contributed by atoms with Crippen molar-refractivity contribution in [2.45, 2.75) is 37.8 Å². The Labute approximate surface area is 117 Å². The third-order valence-corrected chi connectivity index (χ3v) is 3.15. The minimum absolute atomic E-state index is 0.0572. The van der Waals surface area contributed by atoms with Crippen LogP contribution in [0.3, 0.4) is 0 Å². The van der Waals surface area contributed by atoms with Crippen molar-refractivity contribution in [1.82, 2.24) is 5.32 Å². The van der Waals surface area contributed by atoms with Gasteiger partial charge in [-0.15, -0.1) is 0 Å². The van der Waals surface area contributed by atoms with Crippen LogP contribution in [0.2, 0.25) is 0 Å². The Bertz CT molecular complexity index is 433. The highest BCUT2D eigenvalue weighted by Gasteiger charge is 2.25. The van der Waals surface area contributed by atoms with Gasteiger partial charge in [-0.2, -0.15) is 0 Å². The van der Waals surface area contributed by atoms with Gasteiger partial charge >= 0.3 is 0 Å². The van der Waals surface area contributed by atoms with Gasteiger partial charge in [0, 0.05) is 11.8 Å². The summed E-state index contributed by atoms with van der Waals surface area (Å²) in [6.07, 6.45) is 5.19. The first-order valence-corrected chi connectivity index (χ1v) is 6.52. The molecule has 0 aromatic heterocycles. The number of nitrogens with two attached hydrogens (primary N) is 3. The first-order chi connectivity index (χ1) is 9.45. The van der Waals surface area contributed by atoms with Crippen molar-refractivity contribution in [2.24, 2.45) is 17.2 Å². The number of rotatable bonds is 8. The fraction of sp³-hybridized carbons (Fsp3) is 0.583. The molecule has 0 aromatic rings. The molecule has 0 fully saturated rings. The maximum absolute atomic E-state index is 11.4. The largest absolute Gasteiger partial charge is 0.376 e. The van der Waals surface area contributed by atoms with E-state index in [-0.39, 0.29) is 12.1 Å². The normalized spacial score (nSPS) is 19.8. The summed E-state index contributed by atoms with van der Waals surface area (Å²) in [6, 6.07) is -1.07. The number of nitro groups is 1. The van der Waals surface area contributed by atoms with E-state index in [9.17, 15) is 14.9 Å². The summed E-state index contributed by atoms with van der Waals surface area (Å²) >= 11 is 0. The van der Waals surface area contributed by atoms with Gasteiger partial charge < -0.3 is 22.5 Å². The highest BCUT2D eigenvalue weighted by molar-refractivity contribution is 5.80. The average Bonchev–Trinajstić information content (AvgIpc) is 2.39. The molecular formula is C12H21N5O3. The summed E-state index contributed by atoms with van der Waals surface area (Å²) in [5, 5.41) is 13.6. The Morgan fingerprint density at radius 2 is 2.20 bits per heavy atom. The van der Waals surface area contributed by atoms with Crippen molar-refractivity contribution in [3.8, 4) is 0 Å². The van der Waals surface area contributed by atoms with E-state index in [4.69, 9.17) is 17.2 Å². The monoisotopic (exact) mass is 283 g/mol. The van der Waals surface area contributed by atoms with Gasteiger partial charge in [0.15, 0.2) is 0 Å². The topological polar surface area (TPSA) is 150 Å². The number of unbranched alkanes of at least 4 members (excludes halogenated alkanes) is 1. The van der Waals surface area contributed by atoms with Gasteiger partial charge in [0.05, 0.1) is 17.4 Å². The fourth-order valence-electron chi connectivity index (χ4n) is 1.98. The van der Waals surface area contributed by atoms with Gasteiger partial charge in [-0.25, -0.2) is 0 Å². The summed E-state index contributed by atoms with van der Waals surface area (Å²) < 4.78 is 0. The molecule has 0 bridgehead atoms. The average molecular weight is 283 g/mol. The number of nitrogens with zero attached hydrogens (tertiary/aromatic N) is 1. The molecule has 7 N–H and O–H groups in total. The van der Waals surface area contributed by atoms with Crippen LogP contribution in [0.15, 0.2) is 23.5 Å². The molecule has 1 aliphatic carbocycles. The predicted molar refractivity (Wildman–Crippen MR) is 74.8 cm³/mol. The number of hydrogen-bond donors (Lipinski definition) is 4. The Morgan fingerprint density at radius 3 is 2.70 bits per heavy atom. The minimum atomic E-state index is -0.538. The molecule has 0 radical (unpaired) electrons. The lowest BCUT2D eigenvalue weighted by molar-refractivity contribution is -0.428. The molecule has 0 heterocycles. The predicted octanol–water partition coefficient (Wildman–Crippen LogP) is -0.666. The number of carbonyl (C=O) groups is 1. The first kappa shape index (κ1) is 16.1. The number of primary amides is 1. The van der Waals surface area contributed by atoms with Crippen LogP contribution in [0.25, 0.3) is 0 Å². The lowest BCUT2D eigenvalue weighted by atomic mass is 10.0. The van der Waals surface area contributed by atoms with Crippen LogP contribution in [0.5, 0.6) is 0 Å². The van der Waals surface area contributed by atoms with E-state index in [1.165, 1.54) is 12.2 Å². The molecule has 20 heavy (non-hydrogen) atoms. The molecule has 2 atom stereocenters. The second-order valence-corrected chi connectivity index (χ2v) is 4.73. The quantitative estimate of drug-likeness (QED) is 0.263. The van der Waals surface area contributed by atoms with Crippen LogP contribution in [0, 0.1) is 10.1 Å². The third-order valence-electron chi connectivity index (χ3n) is 3.15. The second kappa shape index (κ2) is 7.61. The van der Waals surface area contributed by atoms with Crippen LogP contribution >= 0.6 is 0 Å². The van der Waals surface area contributed by atoms with Crippen molar-refractivity contribution < 1.29 is 9.72 Å². The molecular weight excluding hydrogens is 262 g/mol. The fourth-order valence-corrected chi connectivity index (χ4v) is 1.98. The summed E-state index contributed by atoms with van der Waals surface area (Å²) in [6.45, 7) is 0.558. The smallest absolute Gasteiger partial charge is 0.248 e. The zero-order valence-corrected chi connectivity index (χ0v) is 11.2. The molecule has 8 heteroatoms. The van der Waals surface area contributed by atoms with Crippen molar-refractivity contribution in [1.29, 1.82) is 0 Å². The summed E-state index contributed by atoms with van der Waals surface area (Å²) in [5.41, 5.74) is 17.2. The van der Waals surface area contributed by atoms with Crippen LogP contribution in [-0.4, -0.2) is 29.5 Å². The van der Waals surface area contributed by atoms with Crippen molar-refractivity contribution in [2.75, 3.05) is 6.54 Å². The standard InChI is InChI=1S/C12H21N5O3/c13-6-2-1-3-11(12(15)18)16-10-5-4-8(17(19)20)7-9(10)14/h4-5,9,11,16H,1-3,6-7,13-14H2,(H2,15,18)/t9?,11-/m0/s1. The van der Waals surface area contributed by atoms with Crippen LogP contribution in [-0.2, 0) is 4.79 Å². The van der Waals surface area contributed by atoms with Crippen LogP contribution in [0.4, 0.5) is 0 Å². The Hall–Kier alpha value is -1.93. The lowest BCUT2D eigenvalue weighted by Crippen LogP contribution is -2.45. The van der Waals surface area contributed by atoms with Gasteiger partial charge in [0.1, 0.15) is 6.04 Å². The Balaban J connectivity index is 2.68. The van der Waals surface area contributed by atoms with Gasteiger partial charge in [-0.05, 0) is 31.9 Å². The molecule has 1 unspecified atom stereocenters. The number of hydrogen-bond acceptors (Lipinski definition) is 6. The summed E-state index contributed by atoms with van der Waals surface area (Å²) in [7, 11) is 0. The second-order valence-electron chi connectivity index (χ2n) is 4.73. The summed E-state index contributed by atoms with van der Waals surface area (Å²) in [5.74, 6) is -0.473. The van der Waals surface area contributed by atoms with E-state index < -0.39 is 22.9 Å². The number of carbonyl (C=O) groups excluding carboxylic acids is 1. The van der Waals surface area contributed by atoms with E-state index in [0.29, 0.717) is 18.7 Å². The zero-order valence-electron chi connectivity index (χ0n) is 11.2. The number of allylic oxidation sites excluding steroid dienone is 2. The highest BCUT2D eigenvalue weighted by Crippen LogP contribution is 2.17. The van der Waals surface area contributed by atoms with Crippen LogP contribution in [0.1, 0.15) is 25.7 Å². The molecule has 1 rings (SSSR count). The molecule has 8 nitrogen and oxygen atoms in total. The van der Waals surface area contributed by atoms with Gasteiger partial charge in [0.2, 0.25) is 11.6 Å². The molecule has 112 valence electrons. The van der Waals surface area contributed by atoms with Gasteiger partial charge in [0.25, 0.3) is 0 Å². The molecule has 1 aliphatic rings. The third kappa shape index (κ3) is 4.63. The minimum Gasteiger partial charge on any atom is -0.376 e. The summed E-state index contributed by atoms with van der Waals surface area (Å²) in [4.78, 5) is 21.6. The van der Waals surface area contributed by atoms with E-state index in [1.54, 1.807) is 0 Å². The molecule has 0 saturated heterocycles. The van der Waals surface area contributed by atoms with Gasteiger partial charge in [-0.3, -0.25) is 14.9 Å². The zero-order chi connectivity index (χ0) is 15.1. The van der Waals surface area contributed by atoms with Crippen molar-refractivity contribution in [3.63, 3.8) is 0 Å². The molecule has 0 aromatic carbocycles. The highest BCUT2D eigenvalue weighted by atomic mass is 16.6. The van der Waals surface area contributed by atoms with E-state index in [1.807, 2.05) is 0 Å². The van der Waals surface area contributed by atoms with Crippen molar-refractivity contribution >= 4 is 5.91 Å². The van der Waals surface area contributed by atoms with Gasteiger partial charge in [-0.1, -0.05) is 0 Å². The maximum Gasteiger partial charge on any atom is 0.248 e. The maximum atomic E-state index is 11.4. The van der Waals surface area contributed by atoms with E-state index in [2.05, 4.69) is 5.32 Å². The molecule has 1 amide bonds. The number of nitrogens with one attached hydrogen (secondary N) is 1.